The van der Waals surface area contributed by atoms with E-state index in [2.05, 4.69) is 145 Å². The molecule has 2 aromatic heterocycles. The van der Waals surface area contributed by atoms with E-state index in [9.17, 15) is 0 Å². The third-order valence-corrected chi connectivity index (χ3v) is 8.39. The average molecular weight is 549 g/mol. The summed E-state index contributed by atoms with van der Waals surface area (Å²) in [5.74, 6) is 0. The Morgan fingerprint density at radius 2 is 0.953 bits per heavy atom. The van der Waals surface area contributed by atoms with Crippen LogP contribution < -0.4 is 0 Å². The molecule has 0 aliphatic heterocycles. The maximum absolute atomic E-state index is 4.75. The molecule has 0 saturated carbocycles. The molecule has 43 heavy (non-hydrogen) atoms. The van der Waals surface area contributed by atoms with Crippen molar-refractivity contribution >= 4 is 32.3 Å². The molecule has 202 valence electrons. The second-order valence-corrected chi connectivity index (χ2v) is 11.2. The van der Waals surface area contributed by atoms with Gasteiger partial charge < -0.3 is 0 Å². The minimum absolute atomic E-state index is 0.933. The standard InChI is InChI=1S/C41H28N2/c1-27-21-34(25-42-24-27)39-20-19-33(26-43-39)31-16-15-30-23-32(18-17-29(30)22-31)41-37-13-7-5-11-35(37)40(28-9-3-2-4-10-28)36-12-6-8-14-38(36)41/h2-26H,1H3. The highest BCUT2D eigenvalue weighted by atomic mass is 14.7. The predicted molar refractivity (Wildman–Crippen MR) is 181 cm³/mol. The van der Waals surface area contributed by atoms with E-state index in [0.29, 0.717) is 0 Å². The summed E-state index contributed by atoms with van der Waals surface area (Å²) in [6, 6.07) is 48.3. The van der Waals surface area contributed by atoms with Gasteiger partial charge in [-0.25, -0.2) is 0 Å². The molecule has 6 aromatic carbocycles. The Morgan fingerprint density at radius 1 is 0.395 bits per heavy atom. The second-order valence-electron chi connectivity index (χ2n) is 11.2. The van der Waals surface area contributed by atoms with E-state index in [1.807, 2.05) is 18.6 Å². The lowest BCUT2D eigenvalue weighted by atomic mass is 9.85. The van der Waals surface area contributed by atoms with Gasteiger partial charge in [-0.05, 0) is 96.9 Å². The summed E-state index contributed by atoms with van der Waals surface area (Å²) >= 11 is 0. The van der Waals surface area contributed by atoms with Crippen LogP contribution in [0.15, 0.2) is 152 Å². The topological polar surface area (TPSA) is 25.8 Å². The maximum Gasteiger partial charge on any atom is 0.0718 e. The van der Waals surface area contributed by atoms with Crippen molar-refractivity contribution in [2.45, 2.75) is 6.92 Å². The Hall–Kier alpha value is -5.60. The van der Waals surface area contributed by atoms with Crippen molar-refractivity contribution in [1.82, 2.24) is 9.97 Å². The summed E-state index contributed by atoms with van der Waals surface area (Å²) < 4.78 is 0. The minimum atomic E-state index is 0.933. The number of rotatable bonds is 4. The van der Waals surface area contributed by atoms with Gasteiger partial charge in [0.25, 0.3) is 0 Å². The number of hydrogen-bond acceptors (Lipinski definition) is 2. The van der Waals surface area contributed by atoms with Gasteiger partial charge in [0.2, 0.25) is 0 Å². The molecule has 0 saturated heterocycles. The third-order valence-electron chi connectivity index (χ3n) is 8.39. The van der Waals surface area contributed by atoms with E-state index in [-0.39, 0.29) is 0 Å². The molecule has 0 atom stereocenters. The summed E-state index contributed by atoms with van der Waals surface area (Å²) in [5, 5.41) is 7.52. The zero-order chi connectivity index (χ0) is 28.8. The van der Waals surface area contributed by atoms with Crippen LogP contribution in [0.5, 0.6) is 0 Å². The van der Waals surface area contributed by atoms with Gasteiger partial charge in [0.1, 0.15) is 0 Å². The van der Waals surface area contributed by atoms with Gasteiger partial charge in [-0.1, -0.05) is 109 Å². The fourth-order valence-electron chi connectivity index (χ4n) is 6.37. The molecule has 2 heteroatoms. The summed E-state index contributed by atoms with van der Waals surface area (Å²) in [5.41, 5.74) is 10.4. The number of benzene rings is 6. The van der Waals surface area contributed by atoms with E-state index < -0.39 is 0 Å². The molecule has 8 rings (SSSR count). The van der Waals surface area contributed by atoms with Gasteiger partial charge in [-0.3, -0.25) is 9.97 Å². The lowest BCUT2D eigenvalue weighted by Gasteiger charge is -2.18. The van der Waals surface area contributed by atoms with Crippen LogP contribution in [0.4, 0.5) is 0 Å². The van der Waals surface area contributed by atoms with E-state index >= 15 is 0 Å². The first-order valence-electron chi connectivity index (χ1n) is 14.6. The molecule has 0 radical (unpaired) electrons. The number of pyridine rings is 2. The van der Waals surface area contributed by atoms with E-state index in [0.717, 1.165) is 27.9 Å². The van der Waals surface area contributed by atoms with E-state index in [1.165, 1.54) is 54.6 Å². The Kier molecular flexibility index (Phi) is 6.05. The maximum atomic E-state index is 4.75. The Labute approximate surface area is 251 Å². The highest BCUT2D eigenvalue weighted by Crippen LogP contribution is 2.44. The highest BCUT2D eigenvalue weighted by molar-refractivity contribution is 6.21. The first-order valence-corrected chi connectivity index (χ1v) is 14.6. The van der Waals surface area contributed by atoms with Crippen LogP contribution in [-0.2, 0) is 0 Å². The third kappa shape index (κ3) is 4.45. The van der Waals surface area contributed by atoms with Gasteiger partial charge >= 0.3 is 0 Å². The predicted octanol–water partition coefficient (Wildman–Crippen LogP) is 10.9. The van der Waals surface area contributed by atoms with Crippen LogP contribution in [0, 0.1) is 6.92 Å². The normalized spacial score (nSPS) is 11.4. The minimum Gasteiger partial charge on any atom is -0.264 e. The first kappa shape index (κ1) is 25.1. The monoisotopic (exact) mass is 548 g/mol. The van der Waals surface area contributed by atoms with Crippen molar-refractivity contribution in [3.63, 3.8) is 0 Å². The molecule has 0 amide bonds. The SMILES string of the molecule is Cc1cncc(-c2ccc(-c3ccc4cc(-c5c6ccccc6c(-c6ccccc6)c6ccccc56)ccc4c3)cn2)c1. The summed E-state index contributed by atoms with van der Waals surface area (Å²) in [6.45, 7) is 2.05. The lowest BCUT2D eigenvalue weighted by Crippen LogP contribution is -1.91. The van der Waals surface area contributed by atoms with E-state index in [4.69, 9.17) is 4.98 Å². The average Bonchev–Trinajstić information content (AvgIpc) is 3.07. The number of aromatic nitrogens is 2. The molecule has 0 spiro atoms. The summed E-state index contributed by atoms with van der Waals surface area (Å²) in [4.78, 5) is 9.06. The van der Waals surface area contributed by atoms with Crippen LogP contribution in [0.3, 0.4) is 0 Å². The molecule has 0 unspecified atom stereocenters. The molecule has 8 aromatic rings. The summed E-state index contributed by atoms with van der Waals surface area (Å²) in [7, 11) is 0. The first-order chi connectivity index (χ1) is 21.2. The molecule has 0 bridgehead atoms. The number of aryl methyl sites for hydroxylation is 1. The number of fused-ring (bicyclic) bond motifs is 3. The molecular weight excluding hydrogens is 520 g/mol. The van der Waals surface area contributed by atoms with Crippen LogP contribution in [-0.4, -0.2) is 9.97 Å². The van der Waals surface area contributed by atoms with Crippen molar-refractivity contribution in [3.8, 4) is 44.6 Å². The zero-order valence-corrected chi connectivity index (χ0v) is 23.8. The lowest BCUT2D eigenvalue weighted by molar-refractivity contribution is 1.24. The fraction of sp³-hybridized carbons (Fsp3) is 0.0244. The molecule has 0 aliphatic carbocycles. The van der Waals surface area contributed by atoms with Crippen LogP contribution in [0.2, 0.25) is 0 Å². The second kappa shape index (κ2) is 10.3. The molecule has 2 heterocycles. The van der Waals surface area contributed by atoms with Gasteiger partial charge in [-0.2, -0.15) is 0 Å². The Bertz CT molecular complexity index is 2230. The fourth-order valence-corrected chi connectivity index (χ4v) is 6.37. The highest BCUT2D eigenvalue weighted by Gasteiger charge is 2.16. The van der Waals surface area contributed by atoms with Gasteiger partial charge in [0, 0.05) is 29.7 Å². The van der Waals surface area contributed by atoms with Crippen molar-refractivity contribution in [3.05, 3.63) is 158 Å². The van der Waals surface area contributed by atoms with Gasteiger partial charge in [0.05, 0.1) is 5.69 Å². The van der Waals surface area contributed by atoms with Crippen LogP contribution in [0.1, 0.15) is 5.56 Å². The van der Waals surface area contributed by atoms with Crippen molar-refractivity contribution < 1.29 is 0 Å². The van der Waals surface area contributed by atoms with Gasteiger partial charge in [-0.15, -0.1) is 0 Å². The van der Waals surface area contributed by atoms with Crippen molar-refractivity contribution in [2.75, 3.05) is 0 Å². The molecule has 2 nitrogen and oxygen atoms in total. The van der Waals surface area contributed by atoms with Crippen LogP contribution >= 0.6 is 0 Å². The molecule has 0 N–H and O–H groups in total. The Morgan fingerprint density at radius 3 is 1.56 bits per heavy atom. The van der Waals surface area contributed by atoms with Crippen molar-refractivity contribution in [2.24, 2.45) is 0 Å². The molecule has 0 fully saturated rings. The quantitative estimate of drug-likeness (QED) is 0.204. The largest absolute Gasteiger partial charge is 0.264 e. The number of hydrogen-bond donors (Lipinski definition) is 0. The van der Waals surface area contributed by atoms with Crippen LogP contribution in [0.25, 0.3) is 77.0 Å². The molecule has 0 aliphatic rings. The molecular formula is C41H28N2. The van der Waals surface area contributed by atoms with E-state index in [1.54, 1.807) is 0 Å². The summed E-state index contributed by atoms with van der Waals surface area (Å²) in [6.07, 6.45) is 5.69. The van der Waals surface area contributed by atoms with Crippen molar-refractivity contribution in [1.29, 1.82) is 0 Å². The smallest absolute Gasteiger partial charge is 0.0718 e. The number of nitrogens with zero attached hydrogens (tertiary/aromatic N) is 2. The zero-order valence-electron chi connectivity index (χ0n) is 23.8. The Balaban J connectivity index is 1.24. The van der Waals surface area contributed by atoms with Gasteiger partial charge in [0.15, 0.2) is 0 Å².